The summed E-state index contributed by atoms with van der Waals surface area (Å²) in [6.45, 7) is 0. The summed E-state index contributed by atoms with van der Waals surface area (Å²) in [5.41, 5.74) is 7.08. The van der Waals surface area contributed by atoms with Gasteiger partial charge < -0.3 is 5.73 Å². The lowest BCUT2D eigenvalue weighted by Crippen LogP contribution is -2.23. The molecular formula is C15H13ClFNO. The van der Waals surface area contributed by atoms with Crippen molar-refractivity contribution in [1.82, 2.24) is 0 Å². The highest BCUT2D eigenvalue weighted by atomic mass is 35.5. The topological polar surface area (TPSA) is 43.1 Å². The fourth-order valence-corrected chi connectivity index (χ4v) is 2.02. The molecular weight excluding hydrogens is 265 g/mol. The summed E-state index contributed by atoms with van der Waals surface area (Å²) in [6, 6.07) is 12.7. The van der Waals surface area contributed by atoms with Crippen molar-refractivity contribution in [3.8, 4) is 0 Å². The largest absolute Gasteiger partial charge is 0.318 e. The standard InChI is InChI=1S/C15H13ClFNO/c16-14-11(7-4-8-12(14)17)9-13(19)15(18)10-5-2-1-3-6-10/h1-8,15H,9,18H2/t15-/m1/s1. The second-order valence-electron chi connectivity index (χ2n) is 4.24. The first-order valence-corrected chi connectivity index (χ1v) is 6.23. The smallest absolute Gasteiger partial charge is 0.158 e. The Morgan fingerprint density at radius 1 is 1.16 bits per heavy atom. The minimum absolute atomic E-state index is 0.0175. The molecule has 98 valence electrons. The van der Waals surface area contributed by atoms with Crippen LogP contribution >= 0.6 is 11.6 Å². The summed E-state index contributed by atoms with van der Waals surface area (Å²) >= 11 is 5.82. The maximum Gasteiger partial charge on any atom is 0.158 e. The van der Waals surface area contributed by atoms with E-state index >= 15 is 0 Å². The first-order valence-electron chi connectivity index (χ1n) is 5.85. The number of ketones is 1. The average molecular weight is 278 g/mol. The van der Waals surface area contributed by atoms with E-state index in [1.165, 1.54) is 12.1 Å². The molecule has 2 aromatic carbocycles. The highest BCUT2D eigenvalue weighted by Gasteiger charge is 2.17. The lowest BCUT2D eigenvalue weighted by atomic mass is 9.98. The fraction of sp³-hybridized carbons (Fsp3) is 0.133. The molecule has 0 aromatic heterocycles. The van der Waals surface area contributed by atoms with Gasteiger partial charge in [0.1, 0.15) is 5.82 Å². The van der Waals surface area contributed by atoms with Crippen LogP contribution in [0.5, 0.6) is 0 Å². The van der Waals surface area contributed by atoms with Crippen molar-refractivity contribution >= 4 is 17.4 Å². The number of rotatable bonds is 4. The maximum absolute atomic E-state index is 13.3. The molecule has 2 aromatic rings. The Balaban J connectivity index is 2.15. The molecule has 0 unspecified atom stereocenters. The quantitative estimate of drug-likeness (QED) is 0.932. The Hall–Kier alpha value is -1.71. The summed E-state index contributed by atoms with van der Waals surface area (Å²) in [4.78, 5) is 12.1. The zero-order valence-electron chi connectivity index (χ0n) is 10.1. The maximum atomic E-state index is 13.3. The highest BCUT2D eigenvalue weighted by molar-refractivity contribution is 6.31. The second-order valence-corrected chi connectivity index (χ2v) is 4.62. The van der Waals surface area contributed by atoms with E-state index < -0.39 is 11.9 Å². The van der Waals surface area contributed by atoms with Crippen LogP contribution in [0.2, 0.25) is 5.02 Å². The van der Waals surface area contributed by atoms with E-state index in [-0.39, 0.29) is 17.2 Å². The van der Waals surface area contributed by atoms with Crippen LogP contribution in [0.3, 0.4) is 0 Å². The molecule has 0 amide bonds. The minimum atomic E-state index is -0.722. The van der Waals surface area contributed by atoms with Crippen LogP contribution in [0, 0.1) is 5.82 Å². The first kappa shape index (κ1) is 13.7. The second kappa shape index (κ2) is 5.95. The van der Waals surface area contributed by atoms with Crippen LogP contribution in [-0.4, -0.2) is 5.78 Å². The van der Waals surface area contributed by atoms with E-state index in [9.17, 15) is 9.18 Å². The number of hydrogen-bond donors (Lipinski definition) is 1. The third-order valence-electron chi connectivity index (χ3n) is 2.90. The average Bonchev–Trinajstić information content (AvgIpc) is 2.44. The first-order chi connectivity index (χ1) is 9.09. The van der Waals surface area contributed by atoms with Crippen LogP contribution in [0.15, 0.2) is 48.5 Å². The van der Waals surface area contributed by atoms with Gasteiger partial charge in [0.05, 0.1) is 11.1 Å². The van der Waals surface area contributed by atoms with E-state index in [4.69, 9.17) is 17.3 Å². The van der Waals surface area contributed by atoms with Gasteiger partial charge in [0.15, 0.2) is 5.78 Å². The van der Waals surface area contributed by atoms with Gasteiger partial charge in [-0.25, -0.2) is 4.39 Å². The van der Waals surface area contributed by atoms with Gasteiger partial charge in [-0.1, -0.05) is 54.1 Å². The SMILES string of the molecule is N[C@@H](C(=O)Cc1cccc(F)c1Cl)c1ccccc1. The van der Waals surface area contributed by atoms with E-state index in [1.807, 2.05) is 18.2 Å². The summed E-state index contributed by atoms with van der Waals surface area (Å²) < 4.78 is 13.3. The van der Waals surface area contributed by atoms with Crippen molar-refractivity contribution in [1.29, 1.82) is 0 Å². The van der Waals surface area contributed by atoms with Crippen LogP contribution in [0.4, 0.5) is 4.39 Å². The van der Waals surface area contributed by atoms with Gasteiger partial charge in [0.2, 0.25) is 0 Å². The molecule has 4 heteroatoms. The Kier molecular flexibility index (Phi) is 4.30. The molecule has 0 heterocycles. The summed E-state index contributed by atoms with van der Waals surface area (Å²) in [6.07, 6.45) is 0.0205. The van der Waals surface area contributed by atoms with Crippen LogP contribution in [0.1, 0.15) is 17.2 Å². The van der Waals surface area contributed by atoms with Crippen LogP contribution in [0.25, 0.3) is 0 Å². The molecule has 1 atom stereocenters. The van der Waals surface area contributed by atoms with Crippen molar-refractivity contribution in [2.75, 3.05) is 0 Å². The molecule has 0 fully saturated rings. The Bertz CT molecular complexity index is 586. The van der Waals surface area contributed by atoms with Crippen molar-refractivity contribution in [2.45, 2.75) is 12.5 Å². The van der Waals surface area contributed by atoms with Gasteiger partial charge in [-0.3, -0.25) is 4.79 Å². The summed E-state index contributed by atoms with van der Waals surface area (Å²) in [5.74, 6) is -0.723. The van der Waals surface area contributed by atoms with E-state index in [0.717, 1.165) is 5.56 Å². The molecule has 0 saturated carbocycles. The van der Waals surface area contributed by atoms with Gasteiger partial charge in [-0.05, 0) is 17.2 Å². The summed E-state index contributed by atoms with van der Waals surface area (Å²) in [7, 11) is 0. The number of hydrogen-bond acceptors (Lipinski definition) is 2. The molecule has 0 spiro atoms. The van der Waals surface area contributed by atoms with Crippen molar-refractivity contribution in [2.24, 2.45) is 5.73 Å². The Labute approximate surface area is 116 Å². The molecule has 19 heavy (non-hydrogen) atoms. The molecule has 2 N–H and O–H groups in total. The van der Waals surface area contributed by atoms with E-state index in [1.54, 1.807) is 18.2 Å². The molecule has 0 aliphatic heterocycles. The Morgan fingerprint density at radius 3 is 2.53 bits per heavy atom. The summed E-state index contributed by atoms with van der Waals surface area (Å²) in [5, 5.41) is -0.0175. The van der Waals surface area contributed by atoms with Crippen LogP contribution in [-0.2, 0) is 11.2 Å². The molecule has 2 nitrogen and oxygen atoms in total. The normalized spacial score (nSPS) is 12.2. The molecule has 0 aliphatic rings. The number of halogens is 2. The van der Waals surface area contributed by atoms with Crippen molar-refractivity contribution in [3.63, 3.8) is 0 Å². The minimum Gasteiger partial charge on any atom is -0.318 e. The zero-order valence-corrected chi connectivity index (χ0v) is 10.9. The predicted octanol–water partition coefficient (Wildman–Crippen LogP) is 3.29. The molecule has 0 saturated heterocycles. The molecule has 2 rings (SSSR count). The lowest BCUT2D eigenvalue weighted by molar-refractivity contribution is -0.119. The van der Waals surface area contributed by atoms with E-state index in [2.05, 4.69) is 0 Å². The highest BCUT2D eigenvalue weighted by Crippen LogP contribution is 2.22. The van der Waals surface area contributed by atoms with Gasteiger partial charge in [0.25, 0.3) is 0 Å². The molecule has 0 aliphatic carbocycles. The Morgan fingerprint density at radius 2 is 1.84 bits per heavy atom. The predicted molar refractivity (Wildman–Crippen MR) is 73.5 cm³/mol. The third-order valence-corrected chi connectivity index (χ3v) is 3.33. The number of carbonyl (C=O) groups excluding carboxylic acids is 1. The van der Waals surface area contributed by atoms with Crippen molar-refractivity contribution < 1.29 is 9.18 Å². The molecule has 0 radical (unpaired) electrons. The monoisotopic (exact) mass is 277 g/mol. The van der Waals surface area contributed by atoms with Gasteiger partial charge in [-0.15, -0.1) is 0 Å². The van der Waals surface area contributed by atoms with Gasteiger partial charge in [0, 0.05) is 6.42 Å². The third kappa shape index (κ3) is 3.19. The van der Waals surface area contributed by atoms with Gasteiger partial charge >= 0.3 is 0 Å². The number of benzene rings is 2. The number of nitrogens with two attached hydrogens (primary N) is 1. The van der Waals surface area contributed by atoms with Crippen LogP contribution < -0.4 is 5.73 Å². The van der Waals surface area contributed by atoms with Crippen molar-refractivity contribution in [3.05, 3.63) is 70.5 Å². The zero-order chi connectivity index (χ0) is 13.8. The number of carbonyl (C=O) groups is 1. The van der Waals surface area contributed by atoms with E-state index in [0.29, 0.717) is 5.56 Å². The number of Topliss-reactive ketones (excluding diaryl/α,β-unsaturated/α-hetero) is 1. The molecule has 0 bridgehead atoms. The van der Waals surface area contributed by atoms with Gasteiger partial charge in [-0.2, -0.15) is 0 Å². The lowest BCUT2D eigenvalue weighted by Gasteiger charge is -2.11. The fourth-order valence-electron chi connectivity index (χ4n) is 1.83.